The van der Waals surface area contributed by atoms with Gasteiger partial charge in [-0.2, -0.15) is 0 Å². The van der Waals surface area contributed by atoms with Gasteiger partial charge in [-0.05, 0) is 42.1 Å². The molecular weight excluding hydrogens is 306 g/mol. The molecule has 0 atom stereocenters. The van der Waals surface area contributed by atoms with Gasteiger partial charge in [0.1, 0.15) is 0 Å². The van der Waals surface area contributed by atoms with Crippen molar-refractivity contribution in [2.45, 2.75) is 13.5 Å². The highest BCUT2D eigenvalue weighted by atomic mass is 35.5. The SMILES string of the molecule is CCN(Cc1cccs1)c1cc(Cl)ccc1/C=C/C(=O)O. The van der Waals surface area contributed by atoms with Gasteiger partial charge in [-0.25, -0.2) is 4.79 Å². The van der Waals surface area contributed by atoms with E-state index in [1.54, 1.807) is 23.5 Å². The fraction of sp³-hybridized carbons (Fsp3) is 0.188. The fourth-order valence-corrected chi connectivity index (χ4v) is 2.94. The molecular formula is C16H16ClNO2S. The van der Waals surface area contributed by atoms with Crippen molar-refractivity contribution in [3.05, 3.63) is 57.3 Å². The van der Waals surface area contributed by atoms with Gasteiger partial charge < -0.3 is 10.0 Å². The molecule has 0 saturated carbocycles. The number of hydrogen-bond donors (Lipinski definition) is 1. The third kappa shape index (κ3) is 4.34. The van der Waals surface area contributed by atoms with Crippen molar-refractivity contribution < 1.29 is 9.90 Å². The second kappa shape index (κ2) is 7.29. The van der Waals surface area contributed by atoms with Gasteiger partial charge in [-0.1, -0.05) is 23.7 Å². The molecule has 0 aliphatic carbocycles. The Bertz CT molecular complexity index is 638. The molecule has 2 rings (SSSR count). The minimum atomic E-state index is -0.961. The minimum Gasteiger partial charge on any atom is -0.478 e. The van der Waals surface area contributed by atoms with Gasteiger partial charge in [-0.15, -0.1) is 11.3 Å². The highest BCUT2D eigenvalue weighted by Gasteiger charge is 2.10. The molecule has 0 bridgehead atoms. The molecule has 0 unspecified atom stereocenters. The molecule has 0 aliphatic rings. The number of carbonyl (C=O) groups is 1. The molecule has 1 aromatic heterocycles. The Kier molecular flexibility index (Phi) is 5.42. The Labute approximate surface area is 133 Å². The van der Waals surface area contributed by atoms with Crippen LogP contribution in [-0.2, 0) is 11.3 Å². The van der Waals surface area contributed by atoms with Crippen LogP contribution in [0.1, 0.15) is 17.4 Å². The number of anilines is 1. The molecule has 0 saturated heterocycles. The van der Waals surface area contributed by atoms with Gasteiger partial charge in [-0.3, -0.25) is 0 Å². The van der Waals surface area contributed by atoms with Crippen molar-refractivity contribution in [2.24, 2.45) is 0 Å². The normalized spacial score (nSPS) is 11.0. The quantitative estimate of drug-likeness (QED) is 0.795. The first-order valence-electron chi connectivity index (χ1n) is 6.58. The zero-order valence-corrected chi connectivity index (χ0v) is 13.2. The maximum atomic E-state index is 10.7. The summed E-state index contributed by atoms with van der Waals surface area (Å²) in [5, 5.41) is 11.5. The van der Waals surface area contributed by atoms with Crippen LogP contribution in [0.4, 0.5) is 5.69 Å². The van der Waals surface area contributed by atoms with Crippen LogP contribution in [0, 0.1) is 0 Å². The molecule has 110 valence electrons. The van der Waals surface area contributed by atoms with Crippen LogP contribution in [0.2, 0.25) is 5.02 Å². The first-order chi connectivity index (χ1) is 10.1. The third-order valence-corrected chi connectivity index (χ3v) is 4.14. The van der Waals surface area contributed by atoms with E-state index in [1.165, 1.54) is 4.88 Å². The van der Waals surface area contributed by atoms with E-state index < -0.39 is 5.97 Å². The summed E-state index contributed by atoms with van der Waals surface area (Å²) in [6.45, 7) is 3.66. The number of aliphatic carboxylic acids is 1. The number of halogens is 1. The van der Waals surface area contributed by atoms with Crippen molar-refractivity contribution in [3.63, 3.8) is 0 Å². The van der Waals surface area contributed by atoms with Gasteiger partial charge in [0.15, 0.2) is 0 Å². The zero-order chi connectivity index (χ0) is 15.2. The monoisotopic (exact) mass is 321 g/mol. The van der Waals surface area contributed by atoms with Crippen molar-refractivity contribution >= 4 is 40.7 Å². The summed E-state index contributed by atoms with van der Waals surface area (Å²) in [5.41, 5.74) is 1.79. The summed E-state index contributed by atoms with van der Waals surface area (Å²) in [7, 11) is 0. The molecule has 1 heterocycles. The summed E-state index contributed by atoms with van der Waals surface area (Å²) in [6, 6.07) is 9.60. The summed E-state index contributed by atoms with van der Waals surface area (Å²) in [6.07, 6.45) is 2.75. The Hall–Kier alpha value is -1.78. The van der Waals surface area contributed by atoms with Crippen molar-refractivity contribution in [2.75, 3.05) is 11.4 Å². The molecule has 0 fully saturated rings. The molecule has 0 aliphatic heterocycles. The number of nitrogens with zero attached hydrogens (tertiary/aromatic N) is 1. The van der Waals surface area contributed by atoms with Crippen molar-refractivity contribution in [1.82, 2.24) is 0 Å². The fourth-order valence-electron chi connectivity index (χ4n) is 2.05. The lowest BCUT2D eigenvalue weighted by Gasteiger charge is -2.24. The van der Waals surface area contributed by atoms with Crippen LogP contribution >= 0.6 is 22.9 Å². The van der Waals surface area contributed by atoms with E-state index in [9.17, 15) is 4.79 Å². The Morgan fingerprint density at radius 2 is 2.24 bits per heavy atom. The topological polar surface area (TPSA) is 40.5 Å². The van der Waals surface area contributed by atoms with Gasteiger partial charge in [0, 0.05) is 28.2 Å². The lowest BCUT2D eigenvalue weighted by Crippen LogP contribution is -2.22. The largest absolute Gasteiger partial charge is 0.478 e. The van der Waals surface area contributed by atoms with E-state index >= 15 is 0 Å². The van der Waals surface area contributed by atoms with Crippen molar-refractivity contribution in [3.8, 4) is 0 Å². The number of hydrogen-bond acceptors (Lipinski definition) is 3. The Morgan fingerprint density at radius 1 is 1.43 bits per heavy atom. The molecule has 21 heavy (non-hydrogen) atoms. The first kappa shape index (κ1) is 15.6. The van der Waals surface area contributed by atoms with Crippen LogP contribution in [0.5, 0.6) is 0 Å². The van der Waals surface area contributed by atoms with E-state index in [1.807, 2.05) is 23.6 Å². The number of thiophene rings is 1. The highest BCUT2D eigenvalue weighted by Crippen LogP contribution is 2.28. The standard InChI is InChI=1S/C16H16ClNO2S/c1-2-18(11-14-4-3-9-21-14)15-10-13(17)7-5-12(15)6-8-16(19)20/h3-10H,2,11H2,1H3,(H,19,20)/b8-6+. The Balaban J connectivity index is 2.34. The van der Waals surface area contributed by atoms with Crippen LogP contribution < -0.4 is 4.90 Å². The lowest BCUT2D eigenvalue weighted by molar-refractivity contribution is -0.131. The molecule has 3 nitrogen and oxygen atoms in total. The Morgan fingerprint density at radius 3 is 2.86 bits per heavy atom. The van der Waals surface area contributed by atoms with E-state index in [0.29, 0.717) is 5.02 Å². The maximum Gasteiger partial charge on any atom is 0.328 e. The number of benzene rings is 1. The van der Waals surface area contributed by atoms with Crippen LogP contribution in [0.25, 0.3) is 6.08 Å². The summed E-state index contributed by atoms with van der Waals surface area (Å²) < 4.78 is 0. The summed E-state index contributed by atoms with van der Waals surface area (Å²) in [5.74, 6) is -0.961. The molecule has 0 radical (unpaired) electrons. The second-order valence-electron chi connectivity index (χ2n) is 4.47. The minimum absolute atomic E-state index is 0.641. The van der Waals surface area contributed by atoms with E-state index in [-0.39, 0.29) is 0 Å². The van der Waals surface area contributed by atoms with Crippen LogP contribution in [0.3, 0.4) is 0 Å². The van der Waals surface area contributed by atoms with Crippen LogP contribution in [-0.4, -0.2) is 17.6 Å². The van der Waals surface area contributed by atoms with E-state index in [0.717, 1.165) is 30.4 Å². The highest BCUT2D eigenvalue weighted by molar-refractivity contribution is 7.09. The average Bonchev–Trinajstić information content (AvgIpc) is 2.96. The third-order valence-electron chi connectivity index (χ3n) is 3.05. The maximum absolute atomic E-state index is 10.7. The van der Waals surface area contributed by atoms with Crippen molar-refractivity contribution in [1.29, 1.82) is 0 Å². The van der Waals surface area contributed by atoms with E-state index in [2.05, 4.69) is 17.9 Å². The molecule has 2 aromatic rings. The lowest BCUT2D eigenvalue weighted by atomic mass is 10.1. The molecule has 0 spiro atoms. The number of rotatable bonds is 6. The smallest absolute Gasteiger partial charge is 0.328 e. The summed E-state index contributed by atoms with van der Waals surface area (Å²) >= 11 is 7.80. The molecule has 5 heteroatoms. The van der Waals surface area contributed by atoms with Gasteiger partial charge >= 0.3 is 5.97 Å². The van der Waals surface area contributed by atoms with E-state index in [4.69, 9.17) is 16.7 Å². The predicted molar refractivity (Wildman–Crippen MR) is 89.2 cm³/mol. The van der Waals surface area contributed by atoms with Gasteiger partial charge in [0.25, 0.3) is 0 Å². The zero-order valence-electron chi connectivity index (χ0n) is 11.6. The summed E-state index contributed by atoms with van der Waals surface area (Å²) in [4.78, 5) is 14.2. The molecule has 1 aromatic carbocycles. The predicted octanol–water partition coefficient (Wildman–Crippen LogP) is 4.53. The number of carboxylic acids is 1. The molecule has 1 N–H and O–H groups in total. The second-order valence-corrected chi connectivity index (χ2v) is 5.94. The average molecular weight is 322 g/mol. The van der Waals surface area contributed by atoms with Gasteiger partial charge in [0.05, 0.1) is 6.54 Å². The van der Waals surface area contributed by atoms with Gasteiger partial charge in [0.2, 0.25) is 0 Å². The molecule has 0 amide bonds. The van der Waals surface area contributed by atoms with Crippen LogP contribution in [0.15, 0.2) is 41.8 Å². The first-order valence-corrected chi connectivity index (χ1v) is 7.83. The number of carboxylic acid groups (broad SMARTS) is 1.